The topological polar surface area (TPSA) is 35.5 Å². The number of benzene rings is 1. The molecule has 0 spiro atoms. The van der Waals surface area contributed by atoms with Crippen LogP contribution >= 0.6 is 15.9 Å². The summed E-state index contributed by atoms with van der Waals surface area (Å²) in [6.45, 7) is 3.03. The highest BCUT2D eigenvalue weighted by Crippen LogP contribution is 2.04. The van der Waals surface area contributed by atoms with E-state index in [2.05, 4.69) is 28.1 Å². The smallest absolute Gasteiger partial charge is 0.306 e. The SMILES string of the molecule is CCCC(=O)O[C@@H](CBr)COCCc1ccccc1. The quantitative estimate of drug-likeness (QED) is 0.396. The zero-order valence-electron chi connectivity index (χ0n) is 11.3. The number of rotatable bonds is 9. The number of esters is 1. The lowest BCUT2D eigenvalue weighted by Gasteiger charge is -2.15. The lowest BCUT2D eigenvalue weighted by molar-refractivity contribution is -0.150. The number of halogens is 1. The van der Waals surface area contributed by atoms with Gasteiger partial charge in [0.15, 0.2) is 0 Å². The van der Waals surface area contributed by atoms with Gasteiger partial charge >= 0.3 is 5.97 Å². The fourth-order valence-corrected chi connectivity index (χ4v) is 1.93. The van der Waals surface area contributed by atoms with Gasteiger partial charge in [-0.1, -0.05) is 53.2 Å². The lowest BCUT2D eigenvalue weighted by Crippen LogP contribution is -2.25. The first-order valence-electron chi connectivity index (χ1n) is 6.63. The number of carbonyl (C=O) groups is 1. The molecule has 0 saturated heterocycles. The molecule has 1 aromatic rings. The molecule has 0 aliphatic rings. The maximum absolute atomic E-state index is 11.4. The summed E-state index contributed by atoms with van der Waals surface area (Å²) in [6, 6.07) is 10.2. The molecule has 0 bridgehead atoms. The minimum absolute atomic E-state index is 0.154. The van der Waals surface area contributed by atoms with Crippen molar-refractivity contribution in [1.29, 1.82) is 0 Å². The van der Waals surface area contributed by atoms with Crippen molar-refractivity contribution >= 4 is 21.9 Å². The molecule has 0 radical (unpaired) electrons. The van der Waals surface area contributed by atoms with Gasteiger partial charge in [0, 0.05) is 11.8 Å². The van der Waals surface area contributed by atoms with Gasteiger partial charge in [-0.3, -0.25) is 4.79 Å². The molecule has 0 saturated carbocycles. The van der Waals surface area contributed by atoms with E-state index >= 15 is 0 Å². The standard InChI is InChI=1S/C15H21BrO3/c1-2-6-15(17)19-14(11-16)12-18-10-9-13-7-4-3-5-8-13/h3-5,7-8,14H,2,6,9-12H2,1H3/t14-/m0/s1. The second kappa shape index (κ2) is 9.98. The first-order valence-corrected chi connectivity index (χ1v) is 7.75. The van der Waals surface area contributed by atoms with Gasteiger partial charge in [-0.05, 0) is 18.4 Å². The molecule has 0 unspecified atom stereocenters. The average Bonchev–Trinajstić information content (AvgIpc) is 2.43. The minimum Gasteiger partial charge on any atom is -0.459 e. The summed E-state index contributed by atoms with van der Waals surface area (Å²) in [5, 5.41) is 0.605. The molecule has 0 aliphatic heterocycles. The zero-order chi connectivity index (χ0) is 13.9. The van der Waals surface area contributed by atoms with Crippen LogP contribution in [0.3, 0.4) is 0 Å². The Hall–Kier alpha value is -0.870. The number of carbonyl (C=O) groups excluding carboxylic acids is 1. The molecule has 1 atom stereocenters. The second-order valence-corrected chi connectivity index (χ2v) is 4.97. The molecule has 1 aromatic carbocycles. The van der Waals surface area contributed by atoms with Crippen LogP contribution in [0.2, 0.25) is 0 Å². The summed E-state index contributed by atoms with van der Waals surface area (Å²) in [4.78, 5) is 11.4. The van der Waals surface area contributed by atoms with Crippen molar-refractivity contribution in [3.63, 3.8) is 0 Å². The first kappa shape index (κ1) is 16.2. The predicted octanol–water partition coefficient (Wildman–Crippen LogP) is 3.35. The molecule has 106 valence electrons. The maximum atomic E-state index is 11.4. The van der Waals surface area contributed by atoms with Gasteiger partial charge in [-0.15, -0.1) is 0 Å². The summed E-state index contributed by atoms with van der Waals surface area (Å²) in [5.41, 5.74) is 1.25. The van der Waals surface area contributed by atoms with E-state index in [0.717, 1.165) is 12.8 Å². The molecule has 0 aromatic heterocycles. The van der Waals surface area contributed by atoms with Crippen LogP contribution in [0.5, 0.6) is 0 Å². The van der Waals surface area contributed by atoms with Crippen LogP contribution in [-0.2, 0) is 20.7 Å². The van der Waals surface area contributed by atoms with Crippen LogP contribution in [0, 0.1) is 0 Å². The normalized spacial score (nSPS) is 12.1. The highest BCUT2D eigenvalue weighted by atomic mass is 79.9. The summed E-state index contributed by atoms with van der Waals surface area (Å²) in [7, 11) is 0. The van der Waals surface area contributed by atoms with Crippen molar-refractivity contribution in [3.8, 4) is 0 Å². The third-order valence-electron chi connectivity index (χ3n) is 2.61. The third kappa shape index (κ3) is 7.33. The predicted molar refractivity (Wildman–Crippen MR) is 79.5 cm³/mol. The Morgan fingerprint density at radius 1 is 1.32 bits per heavy atom. The largest absolute Gasteiger partial charge is 0.459 e. The molecular weight excluding hydrogens is 308 g/mol. The van der Waals surface area contributed by atoms with Crippen LogP contribution in [0.15, 0.2) is 30.3 Å². The molecule has 0 fully saturated rings. The lowest BCUT2D eigenvalue weighted by atomic mass is 10.2. The summed E-state index contributed by atoms with van der Waals surface area (Å²) in [5.74, 6) is -0.154. The van der Waals surface area contributed by atoms with E-state index in [0.29, 0.717) is 25.0 Å². The van der Waals surface area contributed by atoms with Crippen molar-refractivity contribution in [2.45, 2.75) is 32.3 Å². The number of ether oxygens (including phenoxy) is 2. The van der Waals surface area contributed by atoms with E-state index in [4.69, 9.17) is 9.47 Å². The highest BCUT2D eigenvalue weighted by molar-refractivity contribution is 9.09. The van der Waals surface area contributed by atoms with Crippen LogP contribution < -0.4 is 0 Å². The molecule has 3 nitrogen and oxygen atoms in total. The highest BCUT2D eigenvalue weighted by Gasteiger charge is 2.12. The molecule has 0 heterocycles. The Balaban J connectivity index is 2.17. The molecule has 4 heteroatoms. The van der Waals surface area contributed by atoms with Crippen molar-refractivity contribution in [1.82, 2.24) is 0 Å². The Kier molecular flexibility index (Phi) is 8.50. The molecule has 0 N–H and O–H groups in total. The Labute approximate surface area is 123 Å². The van der Waals surface area contributed by atoms with Gasteiger partial charge in [0.1, 0.15) is 6.10 Å². The van der Waals surface area contributed by atoms with Gasteiger partial charge in [-0.2, -0.15) is 0 Å². The van der Waals surface area contributed by atoms with E-state index < -0.39 is 0 Å². The average molecular weight is 329 g/mol. The van der Waals surface area contributed by atoms with Crippen molar-refractivity contribution in [3.05, 3.63) is 35.9 Å². The second-order valence-electron chi connectivity index (χ2n) is 4.33. The summed E-state index contributed by atoms with van der Waals surface area (Å²) >= 11 is 3.34. The monoisotopic (exact) mass is 328 g/mol. The summed E-state index contributed by atoms with van der Waals surface area (Å²) < 4.78 is 10.8. The van der Waals surface area contributed by atoms with Gasteiger partial charge < -0.3 is 9.47 Å². The van der Waals surface area contributed by atoms with Crippen molar-refractivity contribution in [2.24, 2.45) is 0 Å². The van der Waals surface area contributed by atoms with Crippen LogP contribution in [-0.4, -0.2) is 30.6 Å². The molecule has 1 rings (SSSR count). The van der Waals surface area contributed by atoms with Crippen LogP contribution in [0.4, 0.5) is 0 Å². The fraction of sp³-hybridized carbons (Fsp3) is 0.533. The number of hydrogen-bond acceptors (Lipinski definition) is 3. The number of hydrogen-bond donors (Lipinski definition) is 0. The Morgan fingerprint density at radius 2 is 2.05 bits per heavy atom. The van der Waals surface area contributed by atoms with E-state index in [-0.39, 0.29) is 12.1 Å². The third-order valence-corrected chi connectivity index (χ3v) is 3.33. The summed E-state index contributed by atoms with van der Waals surface area (Å²) in [6.07, 6.45) is 1.95. The van der Waals surface area contributed by atoms with E-state index in [9.17, 15) is 4.79 Å². The van der Waals surface area contributed by atoms with Gasteiger partial charge in [0.2, 0.25) is 0 Å². The Bertz CT molecular complexity index is 354. The molecule has 19 heavy (non-hydrogen) atoms. The van der Waals surface area contributed by atoms with Gasteiger partial charge in [0.25, 0.3) is 0 Å². The minimum atomic E-state index is -0.199. The molecule has 0 amide bonds. The maximum Gasteiger partial charge on any atom is 0.306 e. The van der Waals surface area contributed by atoms with Crippen molar-refractivity contribution < 1.29 is 14.3 Å². The van der Waals surface area contributed by atoms with Crippen LogP contribution in [0.1, 0.15) is 25.3 Å². The molecule has 0 aliphatic carbocycles. The van der Waals surface area contributed by atoms with Crippen LogP contribution in [0.25, 0.3) is 0 Å². The Morgan fingerprint density at radius 3 is 2.68 bits per heavy atom. The van der Waals surface area contributed by atoms with E-state index in [1.165, 1.54) is 5.56 Å². The van der Waals surface area contributed by atoms with Crippen molar-refractivity contribution in [2.75, 3.05) is 18.5 Å². The van der Waals surface area contributed by atoms with E-state index in [1.807, 2.05) is 25.1 Å². The van der Waals surface area contributed by atoms with Gasteiger partial charge in [0.05, 0.1) is 13.2 Å². The molecular formula is C15H21BrO3. The fourth-order valence-electron chi connectivity index (χ4n) is 1.61. The van der Waals surface area contributed by atoms with Gasteiger partial charge in [-0.25, -0.2) is 0 Å². The zero-order valence-corrected chi connectivity index (χ0v) is 12.9. The first-order chi connectivity index (χ1) is 9.26. The van der Waals surface area contributed by atoms with E-state index in [1.54, 1.807) is 0 Å². The number of alkyl halides is 1.